The normalized spacial score (nSPS) is 11.0. The van der Waals surface area contributed by atoms with Gasteiger partial charge in [0.25, 0.3) is 0 Å². The van der Waals surface area contributed by atoms with Crippen LogP contribution in [0.15, 0.2) is 28.8 Å². The fraction of sp³-hybridized carbons (Fsp3) is 0.333. The van der Waals surface area contributed by atoms with Gasteiger partial charge < -0.3 is 24.3 Å². The van der Waals surface area contributed by atoms with Crippen LogP contribution in [0.2, 0.25) is 0 Å². The number of aromatic amines is 1. The average molecular weight is 343 g/mol. The minimum Gasteiger partial charge on any atom is -0.485 e. The summed E-state index contributed by atoms with van der Waals surface area (Å²) in [5.41, 5.74) is 3.72. The van der Waals surface area contributed by atoms with E-state index in [0.717, 1.165) is 33.6 Å². The third kappa shape index (κ3) is 4.19. The van der Waals surface area contributed by atoms with Gasteiger partial charge in [-0.15, -0.1) is 0 Å². The molecule has 0 aliphatic carbocycles. The zero-order valence-corrected chi connectivity index (χ0v) is 14.5. The van der Waals surface area contributed by atoms with E-state index in [4.69, 9.17) is 14.0 Å². The molecule has 3 aromatic rings. The molecule has 2 N–H and O–H groups in total. The van der Waals surface area contributed by atoms with E-state index in [1.165, 1.54) is 7.11 Å². The van der Waals surface area contributed by atoms with Crippen LogP contribution in [-0.4, -0.2) is 29.8 Å². The number of nitrogens with one attached hydrogen (secondary N) is 2. The van der Waals surface area contributed by atoms with E-state index in [1.54, 1.807) is 0 Å². The van der Waals surface area contributed by atoms with Gasteiger partial charge in [0.05, 0.1) is 12.2 Å². The standard InChI is InChI=1S/C18H21N3O4/c1-11-4-13-6-14(8-19-18(22)10-23-3)20-16(13)7-17(11)24-9-15-5-12(2)21-25-15/h4-7,20H,8-10H2,1-3H3,(H,19,22). The lowest BCUT2D eigenvalue weighted by atomic mass is 10.1. The smallest absolute Gasteiger partial charge is 0.246 e. The maximum Gasteiger partial charge on any atom is 0.246 e. The van der Waals surface area contributed by atoms with E-state index >= 15 is 0 Å². The molecule has 7 nitrogen and oxygen atoms in total. The summed E-state index contributed by atoms with van der Waals surface area (Å²) in [5.74, 6) is 1.31. The Morgan fingerprint density at radius 3 is 2.84 bits per heavy atom. The fourth-order valence-corrected chi connectivity index (χ4v) is 2.59. The summed E-state index contributed by atoms with van der Waals surface area (Å²) in [5, 5.41) is 7.71. The Morgan fingerprint density at radius 2 is 2.12 bits per heavy atom. The van der Waals surface area contributed by atoms with Crippen molar-refractivity contribution in [3.05, 3.63) is 47.0 Å². The molecule has 3 rings (SSSR count). The Balaban J connectivity index is 1.70. The van der Waals surface area contributed by atoms with E-state index in [1.807, 2.05) is 38.1 Å². The SMILES string of the molecule is COCC(=O)NCc1cc2cc(C)c(OCc3cc(C)no3)cc2[nH]1. The lowest BCUT2D eigenvalue weighted by molar-refractivity contribution is -0.124. The molecular formula is C18H21N3O4. The van der Waals surface area contributed by atoms with Gasteiger partial charge >= 0.3 is 0 Å². The van der Waals surface area contributed by atoms with Gasteiger partial charge in [0.15, 0.2) is 5.76 Å². The summed E-state index contributed by atoms with van der Waals surface area (Å²) in [7, 11) is 1.49. The van der Waals surface area contributed by atoms with Crippen LogP contribution in [0.4, 0.5) is 0 Å². The van der Waals surface area contributed by atoms with E-state index in [-0.39, 0.29) is 12.5 Å². The monoisotopic (exact) mass is 343 g/mol. The Kier molecular flexibility index (Phi) is 5.04. The number of aryl methyl sites for hydroxylation is 2. The van der Waals surface area contributed by atoms with Crippen LogP contribution in [0.3, 0.4) is 0 Å². The second kappa shape index (κ2) is 7.40. The van der Waals surface area contributed by atoms with Crippen LogP contribution >= 0.6 is 0 Å². The number of carbonyl (C=O) groups excluding carboxylic acids is 1. The highest BCUT2D eigenvalue weighted by atomic mass is 16.5. The Hall–Kier alpha value is -2.80. The topological polar surface area (TPSA) is 89.4 Å². The highest BCUT2D eigenvalue weighted by Crippen LogP contribution is 2.26. The molecule has 132 valence electrons. The van der Waals surface area contributed by atoms with Gasteiger partial charge in [0.2, 0.25) is 5.91 Å². The first kappa shape index (κ1) is 17.0. The molecular weight excluding hydrogens is 322 g/mol. The van der Waals surface area contributed by atoms with Crippen molar-refractivity contribution in [3.63, 3.8) is 0 Å². The van der Waals surface area contributed by atoms with E-state index in [9.17, 15) is 4.79 Å². The third-order valence-electron chi connectivity index (χ3n) is 3.77. The number of H-pyrrole nitrogens is 1. The van der Waals surface area contributed by atoms with Gasteiger partial charge in [-0.1, -0.05) is 5.16 Å². The molecule has 0 saturated carbocycles. The molecule has 0 saturated heterocycles. The molecule has 0 fully saturated rings. The van der Waals surface area contributed by atoms with Crippen molar-refractivity contribution in [3.8, 4) is 5.75 Å². The van der Waals surface area contributed by atoms with Crippen LogP contribution in [-0.2, 0) is 22.7 Å². The second-order valence-corrected chi connectivity index (χ2v) is 5.93. The Morgan fingerprint density at radius 1 is 1.28 bits per heavy atom. The van der Waals surface area contributed by atoms with Crippen molar-refractivity contribution >= 4 is 16.8 Å². The van der Waals surface area contributed by atoms with Crippen molar-refractivity contribution in [2.45, 2.75) is 27.0 Å². The lowest BCUT2D eigenvalue weighted by Crippen LogP contribution is -2.26. The van der Waals surface area contributed by atoms with Crippen LogP contribution in [0.25, 0.3) is 10.9 Å². The molecule has 1 aromatic carbocycles. The molecule has 0 atom stereocenters. The van der Waals surface area contributed by atoms with E-state index in [0.29, 0.717) is 18.9 Å². The molecule has 25 heavy (non-hydrogen) atoms. The number of hydrogen-bond acceptors (Lipinski definition) is 5. The van der Waals surface area contributed by atoms with E-state index < -0.39 is 0 Å². The zero-order valence-electron chi connectivity index (χ0n) is 14.5. The number of hydrogen-bond donors (Lipinski definition) is 2. The number of nitrogens with zero attached hydrogens (tertiary/aromatic N) is 1. The van der Waals surface area contributed by atoms with Crippen molar-refractivity contribution in [1.29, 1.82) is 0 Å². The molecule has 0 bridgehead atoms. The maximum atomic E-state index is 11.5. The van der Waals surface area contributed by atoms with Gasteiger partial charge in [0, 0.05) is 35.8 Å². The van der Waals surface area contributed by atoms with Gasteiger partial charge in [-0.25, -0.2) is 0 Å². The summed E-state index contributed by atoms with van der Waals surface area (Å²) >= 11 is 0. The molecule has 0 unspecified atom stereocenters. The molecule has 0 aliphatic heterocycles. The van der Waals surface area contributed by atoms with E-state index in [2.05, 4.69) is 15.5 Å². The number of carbonyl (C=O) groups is 1. The maximum absolute atomic E-state index is 11.5. The highest BCUT2D eigenvalue weighted by Gasteiger charge is 2.09. The zero-order chi connectivity index (χ0) is 17.8. The Labute approximate surface area is 145 Å². The molecule has 7 heteroatoms. The van der Waals surface area contributed by atoms with Gasteiger partial charge in [-0.05, 0) is 31.5 Å². The fourth-order valence-electron chi connectivity index (χ4n) is 2.59. The first-order valence-electron chi connectivity index (χ1n) is 7.98. The number of benzene rings is 1. The summed E-state index contributed by atoms with van der Waals surface area (Å²) in [6.45, 7) is 4.67. The molecule has 2 aromatic heterocycles. The van der Waals surface area contributed by atoms with Crippen LogP contribution < -0.4 is 10.1 Å². The van der Waals surface area contributed by atoms with Crippen molar-refractivity contribution < 1.29 is 18.8 Å². The average Bonchev–Trinajstić information content (AvgIpc) is 3.16. The van der Waals surface area contributed by atoms with Gasteiger partial charge in [-0.3, -0.25) is 4.79 Å². The molecule has 1 amide bonds. The number of amides is 1. The van der Waals surface area contributed by atoms with Crippen LogP contribution in [0.5, 0.6) is 5.75 Å². The van der Waals surface area contributed by atoms with Gasteiger partial charge in [-0.2, -0.15) is 0 Å². The summed E-state index contributed by atoms with van der Waals surface area (Å²) in [4.78, 5) is 14.8. The minimum absolute atomic E-state index is 0.0540. The number of methoxy groups -OCH3 is 1. The largest absolute Gasteiger partial charge is 0.485 e. The van der Waals surface area contributed by atoms with Crippen molar-refractivity contribution in [2.24, 2.45) is 0 Å². The first-order chi connectivity index (χ1) is 12.0. The van der Waals surface area contributed by atoms with Crippen molar-refractivity contribution in [1.82, 2.24) is 15.5 Å². The second-order valence-electron chi connectivity index (χ2n) is 5.93. The summed E-state index contributed by atoms with van der Waals surface area (Å²) < 4.78 is 15.8. The predicted octanol–water partition coefficient (Wildman–Crippen LogP) is 2.61. The first-order valence-corrected chi connectivity index (χ1v) is 7.98. The van der Waals surface area contributed by atoms with Crippen LogP contribution in [0.1, 0.15) is 22.7 Å². The molecule has 2 heterocycles. The van der Waals surface area contributed by atoms with Crippen LogP contribution in [0, 0.1) is 13.8 Å². The third-order valence-corrected chi connectivity index (χ3v) is 3.77. The number of fused-ring (bicyclic) bond motifs is 1. The molecule has 0 spiro atoms. The summed E-state index contributed by atoms with van der Waals surface area (Å²) in [6, 6.07) is 7.87. The van der Waals surface area contributed by atoms with Crippen molar-refractivity contribution in [2.75, 3.05) is 13.7 Å². The molecule has 0 radical (unpaired) electrons. The minimum atomic E-state index is -0.149. The quantitative estimate of drug-likeness (QED) is 0.688. The predicted molar refractivity (Wildman–Crippen MR) is 92.3 cm³/mol. The Bertz CT molecular complexity index is 882. The number of rotatable bonds is 7. The lowest BCUT2D eigenvalue weighted by Gasteiger charge is -2.07. The number of aromatic nitrogens is 2. The number of ether oxygens (including phenoxy) is 2. The van der Waals surface area contributed by atoms with Gasteiger partial charge in [0.1, 0.15) is 19.0 Å². The molecule has 0 aliphatic rings. The summed E-state index contributed by atoms with van der Waals surface area (Å²) in [6.07, 6.45) is 0. The highest BCUT2D eigenvalue weighted by molar-refractivity contribution is 5.83.